The molecule has 1 unspecified atom stereocenters. The maximum absolute atomic E-state index is 5.27. The molecule has 0 fully saturated rings. The highest BCUT2D eigenvalue weighted by molar-refractivity contribution is 4.64. The third kappa shape index (κ3) is 7.06. The Morgan fingerprint density at radius 2 is 2.07 bits per heavy atom. The molecule has 0 amide bonds. The molecule has 1 atom stereocenters. The van der Waals surface area contributed by atoms with E-state index in [4.69, 9.17) is 14.5 Å². The molecule has 3 nitrogen and oxygen atoms in total. The van der Waals surface area contributed by atoms with Gasteiger partial charge in [-0.05, 0) is 27.2 Å². The average molecular weight is 202 g/mol. The lowest BCUT2D eigenvalue weighted by atomic mass is 10.1. The molecular formula is C11H22O3. The van der Waals surface area contributed by atoms with Gasteiger partial charge in [-0.1, -0.05) is 13.0 Å². The van der Waals surface area contributed by atoms with Gasteiger partial charge in [0, 0.05) is 0 Å². The monoisotopic (exact) mass is 202 g/mol. The van der Waals surface area contributed by atoms with Gasteiger partial charge in [-0.15, -0.1) is 6.58 Å². The van der Waals surface area contributed by atoms with E-state index in [0.29, 0.717) is 13.2 Å². The zero-order valence-corrected chi connectivity index (χ0v) is 9.71. The first-order valence-electron chi connectivity index (χ1n) is 5.05. The summed E-state index contributed by atoms with van der Waals surface area (Å²) < 4.78 is 5.22. The summed E-state index contributed by atoms with van der Waals surface area (Å²) >= 11 is 0. The molecule has 0 aromatic heterocycles. The SMILES string of the molecule is C=CCOCC(C)OOC(C)(C)CC. The Labute approximate surface area is 87.0 Å². The lowest BCUT2D eigenvalue weighted by Crippen LogP contribution is -2.27. The standard InChI is InChI=1S/C11H22O3/c1-6-8-12-9-10(3)13-14-11(4,5)7-2/h6,10H,1,7-9H2,2-5H3. The van der Waals surface area contributed by atoms with Crippen molar-refractivity contribution in [3.8, 4) is 0 Å². The molecule has 0 radical (unpaired) electrons. The van der Waals surface area contributed by atoms with Gasteiger partial charge in [0.25, 0.3) is 0 Å². The molecule has 0 aromatic rings. The van der Waals surface area contributed by atoms with Gasteiger partial charge in [-0.2, -0.15) is 0 Å². The van der Waals surface area contributed by atoms with Crippen LogP contribution in [0.25, 0.3) is 0 Å². The summed E-state index contributed by atoms with van der Waals surface area (Å²) in [7, 11) is 0. The quantitative estimate of drug-likeness (QED) is 0.262. The molecule has 14 heavy (non-hydrogen) atoms. The zero-order valence-electron chi connectivity index (χ0n) is 9.71. The molecule has 0 rings (SSSR count). The summed E-state index contributed by atoms with van der Waals surface area (Å²) in [5.41, 5.74) is -0.229. The van der Waals surface area contributed by atoms with Gasteiger partial charge in [0.2, 0.25) is 0 Å². The maximum atomic E-state index is 5.27. The van der Waals surface area contributed by atoms with E-state index in [1.165, 1.54) is 0 Å². The Balaban J connectivity index is 3.52. The van der Waals surface area contributed by atoms with Gasteiger partial charge in [0.1, 0.15) is 6.10 Å². The van der Waals surface area contributed by atoms with Crippen molar-refractivity contribution in [2.75, 3.05) is 13.2 Å². The summed E-state index contributed by atoms with van der Waals surface area (Å²) in [6.45, 7) is 12.6. The van der Waals surface area contributed by atoms with Crippen LogP contribution in [0.5, 0.6) is 0 Å². The third-order valence-electron chi connectivity index (χ3n) is 1.88. The van der Waals surface area contributed by atoms with Gasteiger partial charge in [-0.25, -0.2) is 9.78 Å². The predicted molar refractivity (Wildman–Crippen MR) is 57.0 cm³/mol. The van der Waals surface area contributed by atoms with Crippen LogP contribution in [0.4, 0.5) is 0 Å². The highest BCUT2D eigenvalue weighted by Crippen LogP contribution is 2.14. The number of ether oxygens (including phenoxy) is 1. The molecule has 0 bridgehead atoms. The predicted octanol–water partition coefficient (Wildman–Crippen LogP) is 2.71. The van der Waals surface area contributed by atoms with Crippen LogP contribution < -0.4 is 0 Å². The van der Waals surface area contributed by atoms with Crippen molar-refractivity contribution in [1.82, 2.24) is 0 Å². The number of hydrogen-bond donors (Lipinski definition) is 0. The second kappa shape index (κ2) is 6.98. The molecule has 84 valence electrons. The largest absolute Gasteiger partial charge is 0.375 e. The first kappa shape index (κ1) is 13.6. The third-order valence-corrected chi connectivity index (χ3v) is 1.88. The number of hydrogen-bond acceptors (Lipinski definition) is 3. The van der Waals surface area contributed by atoms with E-state index < -0.39 is 0 Å². The summed E-state index contributed by atoms with van der Waals surface area (Å²) in [6, 6.07) is 0. The van der Waals surface area contributed by atoms with Crippen LogP contribution in [-0.4, -0.2) is 24.9 Å². The van der Waals surface area contributed by atoms with E-state index >= 15 is 0 Å². The van der Waals surface area contributed by atoms with Crippen LogP contribution in [0.2, 0.25) is 0 Å². The molecule has 0 N–H and O–H groups in total. The second-order valence-electron chi connectivity index (χ2n) is 3.93. The van der Waals surface area contributed by atoms with E-state index in [0.717, 1.165) is 6.42 Å². The molecule has 3 heteroatoms. The first-order valence-corrected chi connectivity index (χ1v) is 5.05. The summed E-state index contributed by atoms with van der Waals surface area (Å²) in [5, 5.41) is 0. The first-order chi connectivity index (χ1) is 6.52. The van der Waals surface area contributed by atoms with Crippen molar-refractivity contribution < 1.29 is 14.5 Å². The Bertz CT molecular complexity index is 155. The van der Waals surface area contributed by atoms with Gasteiger partial charge in [0.05, 0.1) is 18.8 Å². The molecule has 0 aliphatic carbocycles. The molecule has 0 spiro atoms. The Hall–Kier alpha value is -0.380. The van der Waals surface area contributed by atoms with Crippen LogP contribution in [0.15, 0.2) is 12.7 Å². The van der Waals surface area contributed by atoms with Crippen molar-refractivity contribution in [3.63, 3.8) is 0 Å². The molecule has 0 saturated carbocycles. The highest BCUT2D eigenvalue weighted by atomic mass is 17.2. The average Bonchev–Trinajstić information content (AvgIpc) is 2.16. The fraction of sp³-hybridized carbons (Fsp3) is 0.818. The van der Waals surface area contributed by atoms with Gasteiger partial charge < -0.3 is 4.74 Å². The van der Waals surface area contributed by atoms with E-state index in [9.17, 15) is 0 Å². The molecular weight excluding hydrogens is 180 g/mol. The van der Waals surface area contributed by atoms with Crippen LogP contribution in [0, 0.1) is 0 Å². The molecule has 0 heterocycles. The van der Waals surface area contributed by atoms with Crippen LogP contribution in [-0.2, 0) is 14.5 Å². The maximum Gasteiger partial charge on any atom is 0.113 e. The molecule has 0 aliphatic rings. The molecule has 0 aromatic carbocycles. The highest BCUT2D eigenvalue weighted by Gasteiger charge is 2.18. The fourth-order valence-corrected chi connectivity index (χ4v) is 0.616. The Morgan fingerprint density at radius 3 is 2.57 bits per heavy atom. The fourth-order valence-electron chi connectivity index (χ4n) is 0.616. The van der Waals surface area contributed by atoms with Crippen LogP contribution >= 0.6 is 0 Å². The Morgan fingerprint density at radius 1 is 1.43 bits per heavy atom. The normalized spacial score (nSPS) is 14.0. The minimum Gasteiger partial charge on any atom is -0.375 e. The minimum atomic E-state index is -0.229. The van der Waals surface area contributed by atoms with Crippen molar-refractivity contribution in [1.29, 1.82) is 0 Å². The smallest absolute Gasteiger partial charge is 0.113 e. The van der Waals surface area contributed by atoms with Gasteiger partial charge >= 0.3 is 0 Å². The van der Waals surface area contributed by atoms with E-state index in [-0.39, 0.29) is 11.7 Å². The van der Waals surface area contributed by atoms with E-state index in [2.05, 4.69) is 13.5 Å². The van der Waals surface area contributed by atoms with Crippen LogP contribution in [0.1, 0.15) is 34.1 Å². The van der Waals surface area contributed by atoms with Crippen LogP contribution in [0.3, 0.4) is 0 Å². The van der Waals surface area contributed by atoms with E-state index in [1.54, 1.807) is 6.08 Å². The summed E-state index contributed by atoms with van der Waals surface area (Å²) in [6.07, 6.45) is 2.57. The number of rotatable bonds is 8. The second-order valence-corrected chi connectivity index (χ2v) is 3.93. The van der Waals surface area contributed by atoms with Crippen molar-refractivity contribution >= 4 is 0 Å². The lowest BCUT2D eigenvalue weighted by Gasteiger charge is -2.23. The summed E-state index contributed by atoms with van der Waals surface area (Å²) in [4.78, 5) is 10.5. The molecule has 0 saturated heterocycles. The zero-order chi connectivity index (χ0) is 11.0. The summed E-state index contributed by atoms with van der Waals surface area (Å²) in [5.74, 6) is 0. The van der Waals surface area contributed by atoms with Crippen molar-refractivity contribution in [2.24, 2.45) is 0 Å². The van der Waals surface area contributed by atoms with Gasteiger partial charge in [-0.3, -0.25) is 0 Å². The van der Waals surface area contributed by atoms with Gasteiger partial charge in [0.15, 0.2) is 0 Å². The van der Waals surface area contributed by atoms with E-state index in [1.807, 2.05) is 20.8 Å². The van der Waals surface area contributed by atoms with Crippen molar-refractivity contribution in [3.05, 3.63) is 12.7 Å². The minimum absolute atomic E-state index is 0.0548. The Kier molecular flexibility index (Phi) is 6.79. The lowest BCUT2D eigenvalue weighted by molar-refractivity contribution is -0.378. The van der Waals surface area contributed by atoms with Crippen molar-refractivity contribution in [2.45, 2.75) is 45.8 Å². The topological polar surface area (TPSA) is 27.7 Å². The molecule has 0 aliphatic heterocycles.